The van der Waals surface area contributed by atoms with Crippen molar-refractivity contribution in [2.75, 3.05) is 5.32 Å². The predicted octanol–water partition coefficient (Wildman–Crippen LogP) is 1.33. The van der Waals surface area contributed by atoms with Gasteiger partial charge in [-0.3, -0.25) is 19.4 Å². The largest absolute Gasteiger partial charge is 0.453 e. The number of esters is 1. The lowest BCUT2D eigenvalue weighted by atomic mass is 10.1. The van der Waals surface area contributed by atoms with E-state index in [0.29, 0.717) is 0 Å². The molecule has 1 unspecified atom stereocenters. The van der Waals surface area contributed by atoms with Gasteiger partial charge in [-0.15, -0.1) is 0 Å². The molecule has 1 atom stereocenters. The lowest BCUT2D eigenvalue weighted by Gasteiger charge is -2.12. The molecule has 2 N–H and O–H groups in total. The summed E-state index contributed by atoms with van der Waals surface area (Å²) in [5.41, 5.74) is 1.20. The smallest absolute Gasteiger partial charge is 0.303 e. The van der Waals surface area contributed by atoms with Crippen molar-refractivity contribution in [3.05, 3.63) is 47.1 Å². The number of carbonyl (C=O) groups is 2. The number of ether oxygens (including phenoxy) is 1. The number of anilines is 1. The van der Waals surface area contributed by atoms with Gasteiger partial charge in [-0.05, 0) is 30.7 Å². The van der Waals surface area contributed by atoms with Gasteiger partial charge in [0, 0.05) is 31.1 Å². The number of aromatic amines is 1. The van der Waals surface area contributed by atoms with Gasteiger partial charge in [0.1, 0.15) is 5.69 Å². The molecule has 0 radical (unpaired) electrons. The quantitative estimate of drug-likeness (QED) is 0.830. The summed E-state index contributed by atoms with van der Waals surface area (Å²) in [4.78, 5) is 41.0. The van der Waals surface area contributed by atoms with Gasteiger partial charge in [-0.2, -0.15) is 0 Å². The first-order valence-electron chi connectivity index (χ1n) is 6.58. The Labute approximate surface area is 126 Å². The molecular formula is C15H15N3O4. The second-order valence-corrected chi connectivity index (χ2v) is 4.61. The first kappa shape index (κ1) is 15.4. The third-order valence-electron chi connectivity index (χ3n) is 2.89. The average Bonchev–Trinajstić information content (AvgIpc) is 2.49. The van der Waals surface area contributed by atoms with E-state index < -0.39 is 23.5 Å². The van der Waals surface area contributed by atoms with Crippen LogP contribution in [0.3, 0.4) is 0 Å². The molecule has 22 heavy (non-hydrogen) atoms. The molecule has 2 aromatic rings. The zero-order valence-corrected chi connectivity index (χ0v) is 12.1. The monoisotopic (exact) mass is 301 g/mol. The maximum absolute atomic E-state index is 11.9. The number of nitrogens with one attached hydrogen (secondary N) is 2. The number of H-pyrrole nitrogens is 1. The fraction of sp³-hybridized carbons (Fsp3) is 0.200. The molecule has 2 rings (SSSR count). The van der Waals surface area contributed by atoms with E-state index in [-0.39, 0.29) is 5.69 Å². The highest BCUT2D eigenvalue weighted by molar-refractivity contribution is 5.95. The number of amides is 1. The Bertz CT molecular complexity index is 740. The Kier molecular flexibility index (Phi) is 4.67. The van der Waals surface area contributed by atoms with Gasteiger partial charge < -0.3 is 15.0 Å². The molecule has 7 nitrogen and oxygen atoms in total. The third-order valence-corrected chi connectivity index (χ3v) is 2.89. The van der Waals surface area contributed by atoms with Crippen molar-refractivity contribution >= 4 is 17.6 Å². The van der Waals surface area contributed by atoms with Crippen molar-refractivity contribution in [2.24, 2.45) is 0 Å². The minimum atomic E-state index is -0.985. The van der Waals surface area contributed by atoms with Gasteiger partial charge in [-0.25, -0.2) is 0 Å². The highest BCUT2D eigenvalue weighted by Gasteiger charge is 2.17. The van der Waals surface area contributed by atoms with Crippen molar-refractivity contribution in [2.45, 2.75) is 20.0 Å². The van der Waals surface area contributed by atoms with Crippen LogP contribution in [-0.2, 0) is 14.3 Å². The van der Waals surface area contributed by atoms with Crippen LogP contribution in [0.4, 0.5) is 5.69 Å². The summed E-state index contributed by atoms with van der Waals surface area (Å²) in [6.07, 6.45) is 3.81. The van der Waals surface area contributed by atoms with Crippen LogP contribution in [0.1, 0.15) is 13.8 Å². The number of rotatable bonds is 4. The van der Waals surface area contributed by atoms with Crippen LogP contribution < -0.4 is 10.9 Å². The molecule has 0 spiro atoms. The van der Waals surface area contributed by atoms with E-state index in [4.69, 9.17) is 4.74 Å². The number of nitrogens with zero attached hydrogens (tertiary/aromatic N) is 1. The first-order chi connectivity index (χ1) is 10.5. The van der Waals surface area contributed by atoms with Crippen molar-refractivity contribution < 1.29 is 14.3 Å². The summed E-state index contributed by atoms with van der Waals surface area (Å²) in [6, 6.07) is 5.11. The topological polar surface area (TPSA) is 101 Å². The molecule has 0 aromatic carbocycles. The van der Waals surface area contributed by atoms with Crippen LogP contribution in [-0.4, -0.2) is 27.9 Å². The van der Waals surface area contributed by atoms with Crippen molar-refractivity contribution in [1.82, 2.24) is 9.97 Å². The Morgan fingerprint density at radius 3 is 2.59 bits per heavy atom. The van der Waals surface area contributed by atoms with Crippen LogP contribution >= 0.6 is 0 Å². The van der Waals surface area contributed by atoms with Gasteiger partial charge in [0.15, 0.2) is 6.10 Å². The number of hydrogen-bond donors (Lipinski definition) is 2. The van der Waals surface area contributed by atoms with E-state index in [9.17, 15) is 14.4 Å². The number of aromatic nitrogens is 2. The Hall–Kier alpha value is -2.96. The van der Waals surface area contributed by atoms with Gasteiger partial charge in [0.2, 0.25) is 0 Å². The molecule has 0 aliphatic heterocycles. The van der Waals surface area contributed by atoms with Crippen molar-refractivity contribution in [3.63, 3.8) is 0 Å². The Morgan fingerprint density at radius 1 is 1.27 bits per heavy atom. The van der Waals surface area contributed by atoms with Crippen molar-refractivity contribution in [3.8, 4) is 11.1 Å². The SMILES string of the molecule is CC(=O)OC(C)C(=O)Nc1cc(-c2ccncc2)c[nH]c1=O. The standard InChI is InChI=1S/C15H15N3O4/c1-9(22-10(2)19)14(20)18-13-7-12(8-17-15(13)21)11-3-5-16-6-4-11/h3-9H,1-2H3,(H,17,21)(H,18,20). The normalized spacial score (nSPS) is 11.5. The van der Waals surface area contributed by atoms with Crippen LogP contribution in [0.2, 0.25) is 0 Å². The lowest BCUT2D eigenvalue weighted by molar-refractivity contribution is -0.150. The molecule has 0 aliphatic rings. The molecule has 0 aliphatic carbocycles. The summed E-state index contributed by atoms with van der Waals surface area (Å²) in [5, 5.41) is 2.45. The van der Waals surface area contributed by atoms with E-state index in [1.54, 1.807) is 36.8 Å². The third kappa shape index (κ3) is 3.78. The van der Waals surface area contributed by atoms with Crippen molar-refractivity contribution in [1.29, 1.82) is 0 Å². The summed E-state index contributed by atoms with van der Waals surface area (Å²) in [6.45, 7) is 2.64. The molecule has 0 bridgehead atoms. The summed E-state index contributed by atoms with van der Waals surface area (Å²) >= 11 is 0. The summed E-state index contributed by atoms with van der Waals surface area (Å²) in [7, 11) is 0. The molecule has 2 heterocycles. The number of hydrogen-bond acceptors (Lipinski definition) is 5. The molecule has 0 fully saturated rings. The second-order valence-electron chi connectivity index (χ2n) is 4.61. The molecule has 0 saturated heterocycles. The van der Waals surface area contributed by atoms with Crippen LogP contribution in [0.5, 0.6) is 0 Å². The van der Waals surface area contributed by atoms with Gasteiger partial charge >= 0.3 is 5.97 Å². The Balaban J connectivity index is 2.23. The lowest BCUT2D eigenvalue weighted by Crippen LogP contribution is -2.31. The molecule has 0 saturated carbocycles. The zero-order chi connectivity index (χ0) is 16.1. The highest BCUT2D eigenvalue weighted by atomic mass is 16.5. The molecule has 7 heteroatoms. The van der Waals surface area contributed by atoms with E-state index in [0.717, 1.165) is 11.1 Å². The van der Waals surface area contributed by atoms with E-state index in [2.05, 4.69) is 15.3 Å². The van der Waals surface area contributed by atoms with Crippen LogP contribution in [0.15, 0.2) is 41.6 Å². The highest BCUT2D eigenvalue weighted by Crippen LogP contribution is 2.18. The van der Waals surface area contributed by atoms with Gasteiger partial charge in [-0.1, -0.05) is 0 Å². The fourth-order valence-electron chi connectivity index (χ4n) is 1.82. The summed E-state index contributed by atoms with van der Waals surface area (Å²) < 4.78 is 4.77. The van der Waals surface area contributed by atoms with Crippen LogP contribution in [0.25, 0.3) is 11.1 Å². The minimum Gasteiger partial charge on any atom is -0.453 e. The molecule has 1 amide bonds. The zero-order valence-electron chi connectivity index (χ0n) is 12.1. The van der Waals surface area contributed by atoms with Gasteiger partial charge in [0.25, 0.3) is 11.5 Å². The van der Waals surface area contributed by atoms with Gasteiger partial charge in [0.05, 0.1) is 0 Å². The van der Waals surface area contributed by atoms with E-state index in [1.807, 2.05) is 0 Å². The van der Waals surface area contributed by atoms with E-state index >= 15 is 0 Å². The Morgan fingerprint density at radius 2 is 1.95 bits per heavy atom. The molecule has 114 valence electrons. The average molecular weight is 301 g/mol. The maximum atomic E-state index is 11.9. The molecule has 2 aromatic heterocycles. The first-order valence-corrected chi connectivity index (χ1v) is 6.58. The predicted molar refractivity (Wildman–Crippen MR) is 80.2 cm³/mol. The molecular weight excluding hydrogens is 286 g/mol. The number of pyridine rings is 2. The number of carbonyl (C=O) groups excluding carboxylic acids is 2. The second kappa shape index (κ2) is 6.66. The minimum absolute atomic E-state index is 0.0818. The summed E-state index contributed by atoms with van der Waals surface area (Å²) in [5.74, 6) is -1.14. The fourth-order valence-corrected chi connectivity index (χ4v) is 1.82. The van der Waals surface area contributed by atoms with E-state index in [1.165, 1.54) is 13.8 Å². The maximum Gasteiger partial charge on any atom is 0.303 e. The van der Waals surface area contributed by atoms with Crippen LogP contribution in [0, 0.1) is 0 Å².